The van der Waals surface area contributed by atoms with Gasteiger partial charge in [0.2, 0.25) is 5.91 Å². The molecule has 1 aliphatic heterocycles. The summed E-state index contributed by atoms with van der Waals surface area (Å²) in [7, 11) is 0. The number of nitriles is 1. The molecule has 0 spiro atoms. The standard InChI is InChI=1S/C19H21N5O2/c20-5-9-24-8-4-17(14-24)26-18-13-22-7-3-16(18)12-23-19(25)10-15-2-1-6-21-11-15/h1-3,6-7,11,13,17H,4,8-10,12,14H2,(H,23,25)/t17-/m0/s1. The van der Waals surface area contributed by atoms with Gasteiger partial charge in [-0.25, -0.2) is 0 Å². The van der Waals surface area contributed by atoms with Gasteiger partial charge in [0.05, 0.1) is 25.2 Å². The number of carbonyl (C=O) groups is 1. The Hall–Kier alpha value is -2.98. The van der Waals surface area contributed by atoms with Crippen molar-refractivity contribution in [3.63, 3.8) is 0 Å². The van der Waals surface area contributed by atoms with Gasteiger partial charge >= 0.3 is 0 Å². The Balaban J connectivity index is 1.54. The Morgan fingerprint density at radius 2 is 2.23 bits per heavy atom. The highest BCUT2D eigenvalue weighted by Crippen LogP contribution is 2.21. The van der Waals surface area contributed by atoms with Crippen LogP contribution in [0.15, 0.2) is 43.0 Å². The number of carbonyl (C=O) groups excluding carboxylic acids is 1. The molecule has 1 aliphatic rings. The van der Waals surface area contributed by atoms with Crippen molar-refractivity contribution in [1.82, 2.24) is 20.2 Å². The summed E-state index contributed by atoms with van der Waals surface area (Å²) in [5.74, 6) is 0.611. The molecule has 0 unspecified atom stereocenters. The predicted molar refractivity (Wildman–Crippen MR) is 95.1 cm³/mol. The third-order valence-corrected chi connectivity index (χ3v) is 4.25. The van der Waals surface area contributed by atoms with Crippen LogP contribution >= 0.6 is 0 Å². The summed E-state index contributed by atoms with van der Waals surface area (Å²) in [5, 5.41) is 11.7. The molecular formula is C19H21N5O2. The zero-order valence-electron chi connectivity index (χ0n) is 14.5. The number of nitrogens with one attached hydrogen (secondary N) is 1. The van der Waals surface area contributed by atoms with Crippen molar-refractivity contribution >= 4 is 5.91 Å². The molecule has 0 saturated carbocycles. The number of hydrogen-bond donors (Lipinski definition) is 1. The molecule has 2 aromatic rings. The highest BCUT2D eigenvalue weighted by atomic mass is 16.5. The van der Waals surface area contributed by atoms with E-state index in [1.165, 1.54) is 0 Å². The summed E-state index contributed by atoms with van der Waals surface area (Å²) in [6.07, 6.45) is 7.94. The van der Waals surface area contributed by atoms with Crippen LogP contribution in [0, 0.1) is 11.3 Å². The molecule has 7 heteroatoms. The van der Waals surface area contributed by atoms with Gasteiger partial charge in [-0.15, -0.1) is 0 Å². The van der Waals surface area contributed by atoms with Gasteiger partial charge in [-0.1, -0.05) is 6.07 Å². The highest BCUT2D eigenvalue weighted by Gasteiger charge is 2.24. The second-order valence-electron chi connectivity index (χ2n) is 6.22. The van der Waals surface area contributed by atoms with E-state index in [0.29, 0.717) is 25.3 Å². The van der Waals surface area contributed by atoms with Gasteiger partial charge in [-0.2, -0.15) is 5.26 Å². The van der Waals surface area contributed by atoms with Crippen molar-refractivity contribution in [3.8, 4) is 11.8 Å². The van der Waals surface area contributed by atoms with Gasteiger partial charge in [0.1, 0.15) is 11.9 Å². The van der Waals surface area contributed by atoms with Gasteiger partial charge in [0, 0.05) is 43.8 Å². The van der Waals surface area contributed by atoms with Gasteiger partial charge < -0.3 is 10.1 Å². The average Bonchev–Trinajstić information content (AvgIpc) is 3.09. The van der Waals surface area contributed by atoms with E-state index >= 15 is 0 Å². The lowest BCUT2D eigenvalue weighted by Gasteiger charge is -2.17. The van der Waals surface area contributed by atoms with E-state index in [1.54, 1.807) is 24.8 Å². The number of likely N-dealkylation sites (tertiary alicyclic amines) is 1. The Morgan fingerprint density at radius 1 is 1.35 bits per heavy atom. The minimum atomic E-state index is -0.0678. The molecule has 0 bridgehead atoms. The molecule has 26 heavy (non-hydrogen) atoms. The van der Waals surface area contributed by atoms with Crippen LogP contribution in [0.3, 0.4) is 0 Å². The smallest absolute Gasteiger partial charge is 0.224 e. The maximum atomic E-state index is 12.1. The van der Waals surface area contributed by atoms with Crippen molar-refractivity contribution in [2.45, 2.75) is 25.5 Å². The predicted octanol–water partition coefficient (Wildman–Crippen LogP) is 1.31. The number of rotatable bonds is 7. The van der Waals surface area contributed by atoms with Crippen molar-refractivity contribution in [1.29, 1.82) is 5.26 Å². The van der Waals surface area contributed by atoms with Crippen LogP contribution in [0.25, 0.3) is 0 Å². The quantitative estimate of drug-likeness (QED) is 0.757. The molecule has 134 valence electrons. The lowest BCUT2D eigenvalue weighted by Crippen LogP contribution is -2.27. The molecule has 1 saturated heterocycles. The number of nitrogens with zero attached hydrogens (tertiary/aromatic N) is 4. The number of hydrogen-bond acceptors (Lipinski definition) is 6. The summed E-state index contributed by atoms with van der Waals surface area (Å²) in [5.41, 5.74) is 1.76. The van der Waals surface area contributed by atoms with E-state index in [9.17, 15) is 4.79 Å². The molecule has 0 radical (unpaired) electrons. The fraction of sp³-hybridized carbons (Fsp3) is 0.368. The van der Waals surface area contributed by atoms with E-state index in [4.69, 9.17) is 10.00 Å². The van der Waals surface area contributed by atoms with E-state index in [0.717, 1.165) is 30.6 Å². The van der Waals surface area contributed by atoms with Crippen molar-refractivity contribution < 1.29 is 9.53 Å². The van der Waals surface area contributed by atoms with E-state index in [-0.39, 0.29) is 12.0 Å². The monoisotopic (exact) mass is 351 g/mol. The topological polar surface area (TPSA) is 91.1 Å². The Labute approximate surface area is 152 Å². The average molecular weight is 351 g/mol. The van der Waals surface area contributed by atoms with Gasteiger partial charge in [0.25, 0.3) is 0 Å². The molecule has 3 rings (SSSR count). The minimum Gasteiger partial charge on any atom is -0.487 e. The summed E-state index contributed by atoms with van der Waals surface area (Å²) < 4.78 is 6.06. The lowest BCUT2D eigenvalue weighted by atomic mass is 10.2. The van der Waals surface area contributed by atoms with Gasteiger partial charge in [-0.05, 0) is 24.1 Å². The van der Waals surface area contributed by atoms with Crippen LogP contribution in [0.1, 0.15) is 17.5 Å². The van der Waals surface area contributed by atoms with Crippen LogP contribution in [0.4, 0.5) is 0 Å². The van der Waals surface area contributed by atoms with Crippen molar-refractivity contribution in [2.24, 2.45) is 0 Å². The summed E-state index contributed by atoms with van der Waals surface area (Å²) in [6, 6.07) is 7.70. The number of aromatic nitrogens is 2. The lowest BCUT2D eigenvalue weighted by molar-refractivity contribution is -0.120. The van der Waals surface area contributed by atoms with Crippen LogP contribution < -0.4 is 10.1 Å². The van der Waals surface area contributed by atoms with Crippen LogP contribution in [-0.2, 0) is 17.8 Å². The molecule has 1 amide bonds. The third kappa shape index (κ3) is 5.01. The minimum absolute atomic E-state index is 0.0393. The SMILES string of the molecule is N#CCN1CC[C@H](Oc2cnccc2CNC(=O)Cc2cccnc2)C1. The summed E-state index contributed by atoms with van der Waals surface area (Å²) >= 11 is 0. The first-order valence-electron chi connectivity index (χ1n) is 8.59. The number of amides is 1. The Bertz CT molecular complexity index is 775. The largest absolute Gasteiger partial charge is 0.487 e. The van der Waals surface area contributed by atoms with Crippen LogP contribution in [0.5, 0.6) is 5.75 Å². The Morgan fingerprint density at radius 3 is 3.04 bits per heavy atom. The molecule has 3 heterocycles. The number of pyridine rings is 2. The van der Waals surface area contributed by atoms with Gasteiger partial charge in [0.15, 0.2) is 0 Å². The summed E-state index contributed by atoms with van der Waals surface area (Å²) in [6.45, 7) is 2.39. The molecular weight excluding hydrogens is 330 g/mol. The van der Waals surface area contributed by atoms with Crippen molar-refractivity contribution in [2.75, 3.05) is 19.6 Å². The number of ether oxygens (including phenoxy) is 1. The van der Waals surface area contributed by atoms with Crippen LogP contribution in [-0.4, -0.2) is 46.5 Å². The molecule has 7 nitrogen and oxygen atoms in total. The van der Waals surface area contributed by atoms with E-state index in [1.807, 2.05) is 18.2 Å². The molecule has 0 aromatic carbocycles. The Kier molecular flexibility index (Phi) is 6.12. The summed E-state index contributed by atoms with van der Waals surface area (Å²) in [4.78, 5) is 22.3. The highest BCUT2D eigenvalue weighted by molar-refractivity contribution is 5.78. The second-order valence-corrected chi connectivity index (χ2v) is 6.22. The first-order valence-corrected chi connectivity index (χ1v) is 8.59. The normalized spacial score (nSPS) is 16.8. The molecule has 1 fully saturated rings. The molecule has 2 aromatic heterocycles. The van der Waals surface area contributed by atoms with Crippen molar-refractivity contribution in [3.05, 3.63) is 54.1 Å². The molecule has 1 N–H and O–H groups in total. The maximum Gasteiger partial charge on any atom is 0.224 e. The molecule has 1 atom stereocenters. The van der Waals surface area contributed by atoms with E-state index < -0.39 is 0 Å². The van der Waals surface area contributed by atoms with Crippen LogP contribution in [0.2, 0.25) is 0 Å². The van der Waals surface area contributed by atoms with E-state index in [2.05, 4.69) is 26.3 Å². The maximum absolute atomic E-state index is 12.1. The second kappa shape index (κ2) is 8.92. The zero-order valence-corrected chi connectivity index (χ0v) is 14.5. The third-order valence-electron chi connectivity index (χ3n) is 4.25. The zero-order chi connectivity index (χ0) is 18.2. The fourth-order valence-electron chi connectivity index (χ4n) is 2.92. The first-order chi connectivity index (χ1) is 12.7. The van der Waals surface area contributed by atoms with Gasteiger partial charge in [-0.3, -0.25) is 19.7 Å². The molecule has 0 aliphatic carbocycles. The first kappa shape index (κ1) is 17.8. The fourth-order valence-corrected chi connectivity index (χ4v) is 2.92.